The van der Waals surface area contributed by atoms with E-state index in [0.29, 0.717) is 36.8 Å². The predicted octanol–water partition coefficient (Wildman–Crippen LogP) is 5.15. The van der Waals surface area contributed by atoms with Crippen LogP contribution < -0.4 is 0 Å². The maximum absolute atomic E-state index is 10.3. The first-order chi connectivity index (χ1) is 18.1. The van der Waals surface area contributed by atoms with E-state index in [1.165, 1.54) is 24.3 Å². The van der Waals surface area contributed by atoms with E-state index in [2.05, 4.69) is 0 Å². The Balaban J connectivity index is 1.75. The molecule has 0 amide bonds. The van der Waals surface area contributed by atoms with E-state index in [4.69, 9.17) is 0 Å². The van der Waals surface area contributed by atoms with Crippen molar-refractivity contribution < 1.29 is 40.9 Å². The predicted molar refractivity (Wildman–Crippen MR) is 141 cm³/mol. The lowest BCUT2D eigenvalue weighted by molar-refractivity contribution is 0.357. The molecule has 4 rings (SSSR count). The van der Waals surface area contributed by atoms with Crippen molar-refractivity contribution in [3.05, 3.63) is 95.1 Å². The fourth-order valence-electron chi connectivity index (χ4n) is 4.82. The third-order valence-electron chi connectivity index (χ3n) is 6.85. The number of phenols is 8. The van der Waals surface area contributed by atoms with Crippen molar-refractivity contribution in [2.24, 2.45) is 5.92 Å². The van der Waals surface area contributed by atoms with Gasteiger partial charge in [0.25, 0.3) is 0 Å². The summed E-state index contributed by atoms with van der Waals surface area (Å²) in [6.07, 6.45) is 1.97. The van der Waals surface area contributed by atoms with E-state index in [-0.39, 0.29) is 23.3 Å². The average Bonchev–Trinajstić information content (AvgIpc) is 2.89. The molecule has 0 heterocycles. The van der Waals surface area contributed by atoms with Crippen LogP contribution in [0.5, 0.6) is 46.0 Å². The molecule has 0 aliphatic rings. The molecule has 198 valence electrons. The van der Waals surface area contributed by atoms with Gasteiger partial charge < -0.3 is 40.9 Å². The molecule has 0 bridgehead atoms. The molecular formula is C30H30O8. The molecule has 0 saturated carbocycles. The monoisotopic (exact) mass is 518 g/mol. The minimum atomic E-state index is -0.609. The molecule has 0 aliphatic heterocycles. The van der Waals surface area contributed by atoms with Crippen molar-refractivity contribution in [3.63, 3.8) is 0 Å². The number of phenolic OH excluding ortho intramolecular Hbond substituents is 8. The fourth-order valence-corrected chi connectivity index (χ4v) is 4.82. The number of aryl methyl sites for hydroxylation is 1. The minimum Gasteiger partial charge on any atom is -0.508 e. The Morgan fingerprint density at radius 1 is 0.474 bits per heavy atom. The van der Waals surface area contributed by atoms with Crippen LogP contribution >= 0.6 is 0 Å². The van der Waals surface area contributed by atoms with Crippen LogP contribution in [-0.4, -0.2) is 40.9 Å². The van der Waals surface area contributed by atoms with Crippen molar-refractivity contribution >= 4 is 0 Å². The molecule has 0 aliphatic carbocycles. The van der Waals surface area contributed by atoms with Crippen LogP contribution in [0.3, 0.4) is 0 Å². The first-order valence-electron chi connectivity index (χ1n) is 12.1. The number of rotatable bonds is 9. The van der Waals surface area contributed by atoms with Crippen LogP contribution in [0.15, 0.2) is 72.8 Å². The fraction of sp³-hybridized carbons (Fsp3) is 0.200. The maximum Gasteiger partial charge on any atom is 0.200 e. The Bertz CT molecular complexity index is 1350. The number of benzene rings is 4. The highest BCUT2D eigenvalue weighted by molar-refractivity contribution is 5.53. The van der Waals surface area contributed by atoms with Crippen molar-refractivity contribution in [3.8, 4) is 46.0 Å². The molecular weight excluding hydrogens is 488 g/mol. The zero-order valence-electron chi connectivity index (χ0n) is 20.5. The van der Waals surface area contributed by atoms with Crippen LogP contribution in [0.25, 0.3) is 0 Å². The molecule has 0 unspecified atom stereocenters. The quantitative estimate of drug-likeness (QED) is 0.141. The maximum atomic E-state index is 10.3. The van der Waals surface area contributed by atoms with E-state index >= 15 is 0 Å². The standard InChI is InChI=1S/C30H30O8/c31-22-7-2-17(3-8-22)11-20(6-1-19-13-25(33)29(37)26(34)14-19)24(12-18-4-9-23(32)10-5-18)21-15-27(35)30(38)28(36)16-21/h2-5,7-10,13-16,20,24,31-38H,1,6,11-12H2/t20-,24-/m0/s1. The summed E-state index contributed by atoms with van der Waals surface area (Å²) in [6, 6.07) is 19.2. The Kier molecular flexibility index (Phi) is 7.71. The summed E-state index contributed by atoms with van der Waals surface area (Å²) in [5.74, 6) is -3.11. The second kappa shape index (κ2) is 11.1. The SMILES string of the molecule is Oc1ccc(C[C@H](CCc2cc(O)c(O)c(O)c2)[C@H](Cc2ccc(O)cc2)c2cc(O)c(O)c(O)c2)cc1. The molecule has 4 aromatic carbocycles. The lowest BCUT2D eigenvalue weighted by Crippen LogP contribution is -2.19. The number of hydrogen-bond donors (Lipinski definition) is 8. The Morgan fingerprint density at radius 2 is 0.895 bits per heavy atom. The zero-order chi connectivity index (χ0) is 27.4. The molecule has 8 nitrogen and oxygen atoms in total. The molecule has 0 radical (unpaired) electrons. The van der Waals surface area contributed by atoms with E-state index in [0.717, 1.165) is 11.1 Å². The molecule has 8 N–H and O–H groups in total. The third kappa shape index (κ3) is 6.15. The zero-order valence-corrected chi connectivity index (χ0v) is 20.5. The van der Waals surface area contributed by atoms with Gasteiger partial charge in [-0.2, -0.15) is 0 Å². The molecule has 4 aromatic rings. The second-order valence-corrected chi connectivity index (χ2v) is 9.54. The number of hydrogen-bond acceptors (Lipinski definition) is 8. The van der Waals surface area contributed by atoms with E-state index < -0.39 is 34.5 Å². The lowest BCUT2D eigenvalue weighted by Gasteiger charge is -2.29. The van der Waals surface area contributed by atoms with Crippen LogP contribution in [0.4, 0.5) is 0 Å². The normalized spacial score (nSPS) is 12.7. The third-order valence-corrected chi connectivity index (χ3v) is 6.85. The second-order valence-electron chi connectivity index (χ2n) is 9.54. The summed E-state index contributed by atoms with van der Waals surface area (Å²) >= 11 is 0. The summed E-state index contributed by atoms with van der Waals surface area (Å²) in [7, 11) is 0. The van der Waals surface area contributed by atoms with Crippen molar-refractivity contribution in [2.45, 2.75) is 31.6 Å². The highest BCUT2D eigenvalue weighted by Crippen LogP contribution is 2.43. The highest BCUT2D eigenvalue weighted by atomic mass is 16.3. The molecule has 0 fully saturated rings. The van der Waals surface area contributed by atoms with Gasteiger partial charge in [-0.15, -0.1) is 0 Å². The van der Waals surface area contributed by atoms with Crippen molar-refractivity contribution in [1.29, 1.82) is 0 Å². The van der Waals surface area contributed by atoms with Gasteiger partial charge in [-0.3, -0.25) is 0 Å². The first kappa shape index (κ1) is 26.3. The Labute approximate surface area is 219 Å². The van der Waals surface area contributed by atoms with Gasteiger partial charge in [0, 0.05) is 0 Å². The molecule has 0 spiro atoms. The molecule has 2 atom stereocenters. The van der Waals surface area contributed by atoms with Crippen LogP contribution in [0, 0.1) is 5.92 Å². The Hall–Kier alpha value is -4.72. The molecule has 0 aromatic heterocycles. The van der Waals surface area contributed by atoms with Gasteiger partial charge in [0.15, 0.2) is 34.5 Å². The minimum absolute atomic E-state index is 0.123. The van der Waals surface area contributed by atoms with Crippen molar-refractivity contribution in [2.75, 3.05) is 0 Å². The number of aromatic hydroxyl groups is 8. The van der Waals surface area contributed by atoms with Gasteiger partial charge in [0.1, 0.15) is 11.5 Å². The topological polar surface area (TPSA) is 162 Å². The van der Waals surface area contributed by atoms with Crippen LogP contribution in [-0.2, 0) is 19.3 Å². The van der Waals surface area contributed by atoms with E-state index in [1.54, 1.807) is 36.4 Å². The summed E-state index contributed by atoms with van der Waals surface area (Å²) in [4.78, 5) is 0. The summed E-state index contributed by atoms with van der Waals surface area (Å²) in [5.41, 5.74) is 3.03. The van der Waals surface area contributed by atoms with Gasteiger partial charge in [-0.05, 0) is 108 Å². The van der Waals surface area contributed by atoms with E-state index in [9.17, 15) is 40.9 Å². The smallest absolute Gasteiger partial charge is 0.200 e. The van der Waals surface area contributed by atoms with Gasteiger partial charge in [-0.25, -0.2) is 0 Å². The van der Waals surface area contributed by atoms with Crippen LogP contribution in [0.2, 0.25) is 0 Å². The molecule has 8 heteroatoms. The Morgan fingerprint density at radius 3 is 1.37 bits per heavy atom. The van der Waals surface area contributed by atoms with Crippen molar-refractivity contribution in [1.82, 2.24) is 0 Å². The van der Waals surface area contributed by atoms with Gasteiger partial charge >= 0.3 is 0 Å². The molecule has 0 saturated heterocycles. The van der Waals surface area contributed by atoms with Gasteiger partial charge in [0.2, 0.25) is 0 Å². The summed E-state index contributed by atoms with van der Waals surface area (Å²) in [5, 5.41) is 79.6. The summed E-state index contributed by atoms with van der Waals surface area (Å²) in [6.45, 7) is 0. The average molecular weight is 519 g/mol. The highest BCUT2D eigenvalue weighted by Gasteiger charge is 2.27. The largest absolute Gasteiger partial charge is 0.508 e. The van der Waals surface area contributed by atoms with Gasteiger partial charge in [0.05, 0.1) is 0 Å². The van der Waals surface area contributed by atoms with E-state index in [1.807, 2.05) is 12.1 Å². The van der Waals surface area contributed by atoms with Gasteiger partial charge in [-0.1, -0.05) is 24.3 Å². The molecule has 38 heavy (non-hydrogen) atoms. The summed E-state index contributed by atoms with van der Waals surface area (Å²) < 4.78 is 0. The lowest BCUT2D eigenvalue weighted by atomic mass is 9.75. The first-order valence-corrected chi connectivity index (χ1v) is 12.1. The van der Waals surface area contributed by atoms with Crippen LogP contribution in [0.1, 0.15) is 34.6 Å².